The fraction of sp³-hybridized carbons (Fsp3) is 0.500. The van der Waals surface area contributed by atoms with Crippen LogP contribution in [0.4, 0.5) is 5.69 Å². The minimum Gasteiger partial charge on any atom is -0.384 e. The van der Waals surface area contributed by atoms with Gasteiger partial charge < -0.3 is 15.0 Å². The maximum absolute atomic E-state index is 12.5. The van der Waals surface area contributed by atoms with Crippen molar-refractivity contribution in [3.63, 3.8) is 0 Å². The molecule has 2 aliphatic rings. The van der Waals surface area contributed by atoms with Crippen molar-refractivity contribution in [2.45, 2.75) is 18.4 Å². The quantitative estimate of drug-likeness (QED) is 0.858. The van der Waals surface area contributed by atoms with E-state index in [9.17, 15) is 4.79 Å². The summed E-state index contributed by atoms with van der Waals surface area (Å²) in [6.45, 7) is 2.26. The summed E-state index contributed by atoms with van der Waals surface area (Å²) in [7, 11) is 1.71. The topological polar surface area (TPSA) is 41.6 Å². The summed E-state index contributed by atoms with van der Waals surface area (Å²) in [6, 6.07) is 8.07. The lowest BCUT2D eigenvalue weighted by atomic mass is 10.00. The molecule has 1 amide bonds. The first-order valence-corrected chi connectivity index (χ1v) is 6.44. The number of hydrogen-bond donors (Lipinski definition) is 1. The highest BCUT2D eigenvalue weighted by molar-refractivity contribution is 5.88. The number of para-hydroxylation sites is 1. The summed E-state index contributed by atoms with van der Waals surface area (Å²) in [5.41, 5.74) is 2.22. The Labute approximate surface area is 107 Å². The summed E-state index contributed by atoms with van der Waals surface area (Å²) in [5, 5.41) is 3.30. The molecule has 0 spiro atoms. The molecule has 0 saturated carbocycles. The number of methoxy groups -OCH3 is 1. The fourth-order valence-electron chi connectivity index (χ4n) is 2.85. The van der Waals surface area contributed by atoms with Gasteiger partial charge in [-0.25, -0.2) is 0 Å². The van der Waals surface area contributed by atoms with E-state index in [4.69, 9.17) is 4.74 Å². The average molecular weight is 246 g/mol. The number of nitrogens with zero attached hydrogens (tertiary/aromatic N) is 1. The summed E-state index contributed by atoms with van der Waals surface area (Å²) < 4.78 is 5.31. The number of benzene rings is 1. The number of ether oxygens (including phenoxy) is 1. The first-order chi connectivity index (χ1) is 8.79. The summed E-state index contributed by atoms with van der Waals surface area (Å²) in [4.78, 5) is 14.4. The Balaban J connectivity index is 1.75. The second kappa shape index (κ2) is 4.61. The van der Waals surface area contributed by atoms with Crippen LogP contribution in [0.25, 0.3) is 0 Å². The van der Waals surface area contributed by atoms with Crippen molar-refractivity contribution in [3.05, 3.63) is 29.8 Å². The third kappa shape index (κ3) is 1.86. The van der Waals surface area contributed by atoms with E-state index in [0.29, 0.717) is 6.54 Å². The Morgan fingerprint density at radius 1 is 1.44 bits per heavy atom. The second-order valence-corrected chi connectivity index (χ2v) is 4.95. The number of amides is 1. The van der Waals surface area contributed by atoms with Crippen LogP contribution in [-0.4, -0.2) is 43.7 Å². The van der Waals surface area contributed by atoms with Crippen LogP contribution in [0.1, 0.15) is 17.9 Å². The molecule has 18 heavy (non-hydrogen) atoms. The smallest absolute Gasteiger partial charge is 0.232 e. The zero-order chi connectivity index (χ0) is 12.5. The van der Waals surface area contributed by atoms with Crippen molar-refractivity contribution in [2.24, 2.45) is 0 Å². The number of hydrogen-bond acceptors (Lipinski definition) is 3. The first-order valence-electron chi connectivity index (χ1n) is 6.44. The van der Waals surface area contributed by atoms with Gasteiger partial charge in [0.25, 0.3) is 0 Å². The molecular formula is C14H18N2O2. The minimum absolute atomic E-state index is 0.0307. The predicted octanol–water partition coefficient (Wildman–Crippen LogP) is 1.44. The highest BCUT2D eigenvalue weighted by atomic mass is 16.5. The molecule has 0 aliphatic carbocycles. The monoisotopic (exact) mass is 246 g/mol. The Kier molecular flexibility index (Phi) is 2.96. The first kappa shape index (κ1) is 11.5. The SMILES string of the molecule is COC1CCN(C(=O)C2CNc3ccccc32)C1. The van der Waals surface area contributed by atoms with Gasteiger partial charge in [-0.2, -0.15) is 0 Å². The fourth-order valence-corrected chi connectivity index (χ4v) is 2.85. The van der Waals surface area contributed by atoms with Crippen molar-refractivity contribution in [1.82, 2.24) is 4.90 Å². The molecule has 3 rings (SSSR count). The maximum Gasteiger partial charge on any atom is 0.232 e. The van der Waals surface area contributed by atoms with E-state index in [1.54, 1.807) is 7.11 Å². The number of nitrogens with one attached hydrogen (secondary N) is 1. The molecule has 96 valence electrons. The number of carbonyl (C=O) groups is 1. The summed E-state index contributed by atoms with van der Waals surface area (Å²) >= 11 is 0. The van der Waals surface area contributed by atoms with Gasteiger partial charge in [-0.3, -0.25) is 4.79 Å². The normalized spacial score (nSPS) is 25.9. The van der Waals surface area contributed by atoms with Crippen LogP contribution in [-0.2, 0) is 9.53 Å². The van der Waals surface area contributed by atoms with E-state index in [0.717, 1.165) is 30.8 Å². The van der Waals surface area contributed by atoms with Gasteiger partial charge in [-0.05, 0) is 18.1 Å². The number of fused-ring (bicyclic) bond motifs is 1. The van der Waals surface area contributed by atoms with Gasteiger partial charge in [0.05, 0.1) is 12.0 Å². The molecule has 2 atom stereocenters. The second-order valence-electron chi connectivity index (χ2n) is 4.95. The number of rotatable bonds is 2. The standard InChI is InChI=1S/C14H18N2O2/c1-18-10-6-7-16(9-10)14(17)12-8-15-13-5-3-2-4-11(12)13/h2-5,10,12,15H,6-9H2,1H3. The molecule has 4 nitrogen and oxygen atoms in total. The van der Waals surface area contributed by atoms with Crippen molar-refractivity contribution in [3.8, 4) is 0 Å². The molecule has 1 fully saturated rings. The zero-order valence-corrected chi connectivity index (χ0v) is 10.6. The molecule has 1 N–H and O–H groups in total. The van der Waals surface area contributed by atoms with Crippen molar-refractivity contribution in [1.29, 1.82) is 0 Å². The third-order valence-electron chi connectivity index (χ3n) is 3.92. The molecule has 1 aromatic carbocycles. The van der Waals surface area contributed by atoms with Crippen LogP contribution in [0.3, 0.4) is 0 Å². The number of carbonyl (C=O) groups excluding carboxylic acids is 1. The Morgan fingerprint density at radius 2 is 2.28 bits per heavy atom. The molecule has 0 radical (unpaired) electrons. The predicted molar refractivity (Wildman–Crippen MR) is 69.7 cm³/mol. The maximum atomic E-state index is 12.5. The highest BCUT2D eigenvalue weighted by Gasteiger charge is 2.34. The molecular weight excluding hydrogens is 228 g/mol. The summed E-state index contributed by atoms with van der Waals surface area (Å²) in [6.07, 6.45) is 1.16. The number of likely N-dealkylation sites (tertiary alicyclic amines) is 1. The van der Waals surface area contributed by atoms with E-state index >= 15 is 0 Å². The Morgan fingerprint density at radius 3 is 3.06 bits per heavy atom. The van der Waals surface area contributed by atoms with Crippen LogP contribution in [0.5, 0.6) is 0 Å². The molecule has 2 heterocycles. The minimum atomic E-state index is -0.0307. The van der Waals surface area contributed by atoms with E-state index in [1.165, 1.54) is 0 Å². The van der Waals surface area contributed by atoms with Crippen LogP contribution in [0, 0.1) is 0 Å². The van der Waals surface area contributed by atoms with Crippen molar-refractivity contribution < 1.29 is 9.53 Å². The number of anilines is 1. The zero-order valence-electron chi connectivity index (χ0n) is 10.6. The van der Waals surface area contributed by atoms with Crippen LogP contribution in [0.2, 0.25) is 0 Å². The van der Waals surface area contributed by atoms with E-state index in [-0.39, 0.29) is 17.9 Å². The van der Waals surface area contributed by atoms with Gasteiger partial charge >= 0.3 is 0 Å². The lowest BCUT2D eigenvalue weighted by molar-refractivity contribution is -0.131. The van der Waals surface area contributed by atoms with Gasteiger partial charge in [-0.15, -0.1) is 0 Å². The van der Waals surface area contributed by atoms with E-state index in [1.807, 2.05) is 29.2 Å². The average Bonchev–Trinajstić information content (AvgIpc) is 3.04. The molecule has 1 saturated heterocycles. The van der Waals surface area contributed by atoms with Crippen LogP contribution >= 0.6 is 0 Å². The van der Waals surface area contributed by atoms with Crippen LogP contribution < -0.4 is 5.32 Å². The third-order valence-corrected chi connectivity index (χ3v) is 3.92. The molecule has 2 unspecified atom stereocenters. The van der Waals surface area contributed by atoms with Crippen molar-refractivity contribution in [2.75, 3.05) is 32.1 Å². The van der Waals surface area contributed by atoms with Gasteiger partial charge in [0.2, 0.25) is 5.91 Å². The van der Waals surface area contributed by atoms with E-state index in [2.05, 4.69) is 5.32 Å². The van der Waals surface area contributed by atoms with Gasteiger partial charge in [-0.1, -0.05) is 18.2 Å². The Hall–Kier alpha value is -1.55. The lowest BCUT2D eigenvalue weighted by Crippen LogP contribution is -2.34. The molecule has 0 bridgehead atoms. The van der Waals surface area contributed by atoms with Gasteiger partial charge in [0, 0.05) is 32.4 Å². The Bertz CT molecular complexity index is 461. The van der Waals surface area contributed by atoms with Gasteiger partial charge in [0.1, 0.15) is 0 Å². The van der Waals surface area contributed by atoms with Crippen molar-refractivity contribution >= 4 is 11.6 Å². The molecule has 2 aliphatic heterocycles. The van der Waals surface area contributed by atoms with Gasteiger partial charge in [0.15, 0.2) is 0 Å². The van der Waals surface area contributed by atoms with Crippen LogP contribution in [0.15, 0.2) is 24.3 Å². The highest BCUT2D eigenvalue weighted by Crippen LogP contribution is 2.33. The molecule has 0 aromatic heterocycles. The molecule has 1 aromatic rings. The van der Waals surface area contributed by atoms with E-state index < -0.39 is 0 Å². The molecule has 4 heteroatoms. The largest absolute Gasteiger partial charge is 0.384 e. The summed E-state index contributed by atoms with van der Waals surface area (Å²) in [5.74, 6) is 0.198. The lowest BCUT2D eigenvalue weighted by Gasteiger charge is -2.20.